The van der Waals surface area contributed by atoms with Gasteiger partial charge in [-0.05, 0) is 30.5 Å². The molecule has 0 unspecified atom stereocenters. The Morgan fingerprint density at radius 2 is 2.26 bits per heavy atom. The fourth-order valence-corrected chi connectivity index (χ4v) is 2.16. The van der Waals surface area contributed by atoms with E-state index < -0.39 is 0 Å². The third-order valence-electron chi connectivity index (χ3n) is 3.52. The first-order valence-corrected chi connectivity index (χ1v) is 6.87. The number of hydrogen-bond acceptors (Lipinski definition) is 2. The van der Waals surface area contributed by atoms with Crippen LogP contribution in [0.4, 0.5) is 0 Å². The fourth-order valence-electron chi connectivity index (χ4n) is 2.16. The molecule has 0 aromatic heterocycles. The monoisotopic (exact) mass is 256 g/mol. The van der Waals surface area contributed by atoms with Gasteiger partial charge in [0.25, 0.3) is 5.91 Å². The summed E-state index contributed by atoms with van der Waals surface area (Å²) in [5, 5.41) is 2.97. The van der Waals surface area contributed by atoms with E-state index in [0.717, 1.165) is 24.4 Å². The van der Waals surface area contributed by atoms with Gasteiger partial charge in [-0.25, -0.2) is 0 Å². The van der Waals surface area contributed by atoms with Crippen LogP contribution in [0.5, 0.6) is 0 Å². The van der Waals surface area contributed by atoms with Crippen LogP contribution in [0.15, 0.2) is 24.3 Å². The molecule has 3 N–H and O–H groups in total. The van der Waals surface area contributed by atoms with Crippen LogP contribution in [0.1, 0.15) is 41.6 Å². The van der Waals surface area contributed by atoms with E-state index in [2.05, 4.69) is 17.2 Å². The Labute approximate surface area is 114 Å². The molecule has 0 aliphatic heterocycles. The highest BCUT2D eigenvalue weighted by Gasteiger charge is 2.17. The highest BCUT2D eigenvalue weighted by molar-refractivity contribution is 5.94. The van der Waals surface area contributed by atoms with Crippen molar-refractivity contribution in [1.29, 1.82) is 0 Å². The van der Waals surface area contributed by atoms with E-state index in [0.29, 0.717) is 12.1 Å². The zero-order valence-corrected chi connectivity index (χ0v) is 11.1. The second-order valence-corrected chi connectivity index (χ2v) is 4.93. The summed E-state index contributed by atoms with van der Waals surface area (Å²) in [6.45, 7) is 1.10. The van der Waals surface area contributed by atoms with Gasteiger partial charge >= 0.3 is 0 Å². The molecular formula is C16H20N2O. The Morgan fingerprint density at radius 1 is 1.42 bits per heavy atom. The molecule has 3 nitrogen and oxygen atoms in total. The van der Waals surface area contributed by atoms with Crippen molar-refractivity contribution in [3.63, 3.8) is 0 Å². The molecule has 1 amide bonds. The van der Waals surface area contributed by atoms with Crippen molar-refractivity contribution in [2.45, 2.75) is 25.7 Å². The summed E-state index contributed by atoms with van der Waals surface area (Å²) < 4.78 is 0. The maximum Gasteiger partial charge on any atom is 0.251 e. The maximum absolute atomic E-state index is 12.0. The minimum atomic E-state index is -0.0179. The maximum atomic E-state index is 12.0. The summed E-state index contributed by atoms with van der Waals surface area (Å²) in [6, 6.07) is 7.35. The Balaban J connectivity index is 1.86. The predicted octanol–water partition coefficient (Wildman–Crippen LogP) is 1.92. The van der Waals surface area contributed by atoms with Crippen LogP contribution < -0.4 is 11.1 Å². The molecule has 3 heteroatoms. The Hall–Kier alpha value is -1.79. The van der Waals surface area contributed by atoms with Gasteiger partial charge < -0.3 is 11.1 Å². The quantitative estimate of drug-likeness (QED) is 0.809. The number of benzene rings is 1. The van der Waals surface area contributed by atoms with Crippen LogP contribution in [-0.4, -0.2) is 19.0 Å². The highest BCUT2D eigenvalue weighted by atomic mass is 16.1. The average Bonchev–Trinajstić information content (AvgIpc) is 2.39. The van der Waals surface area contributed by atoms with Crippen LogP contribution in [0.3, 0.4) is 0 Å². The fraction of sp³-hybridized carbons (Fsp3) is 0.438. The average molecular weight is 256 g/mol. The molecule has 0 heterocycles. The van der Waals surface area contributed by atoms with Crippen LogP contribution in [0.25, 0.3) is 0 Å². The largest absolute Gasteiger partial charge is 0.352 e. The topological polar surface area (TPSA) is 55.1 Å². The van der Waals surface area contributed by atoms with Crippen LogP contribution in [0.2, 0.25) is 0 Å². The lowest BCUT2D eigenvalue weighted by Gasteiger charge is -2.25. The Morgan fingerprint density at radius 3 is 2.95 bits per heavy atom. The van der Waals surface area contributed by atoms with Gasteiger partial charge in [-0.1, -0.05) is 37.2 Å². The molecule has 1 aliphatic rings. The predicted molar refractivity (Wildman–Crippen MR) is 76.7 cm³/mol. The summed E-state index contributed by atoms with van der Waals surface area (Å²) in [6.07, 6.45) is 5.08. The van der Waals surface area contributed by atoms with E-state index in [1.54, 1.807) is 6.07 Å². The minimum absolute atomic E-state index is 0.0179. The van der Waals surface area contributed by atoms with E-state index in [4.69, 9.17) is 5.73 Å². The molecule has 19 heavy (non-hydrogen) atoms. The normalized spacial score (nSPS) is 14.2. The number of carbonyl (C=O) groups is 1. The second-order valence-electron chi connectivity index (χ2n) is 4.93. The molecule has 0 bridgehead atoms. The zero-order chi connectivity index (χ0) is 13.5. The first-order valence-electron chi connectivity index (χ1n) is 6.87. The summed E-state index contributed by atoms with van der Waals surface area (Å²) in [5.41, 5.74) is 6.83. The molecule has 1 aliphatic carbocycles. The van der Waals surface area contributed by atoms with Gasteiger partial charge in [0.05, 0.1) is 6.54 Å². The van der Waals surface area contributed by atoms with Crippen molar-refractivity contribution in [3.05, 3.63) is 35.4 Å². The Bertz CT molecular complexity index is 495. The van der Waals surface area contributed by atoms with Gasteiger partial charge in [0.1, 0.15) is 0 Å². The standard InChI is InChI=1S/C16H20N2O/c17-10-3-7-14-6-2-8-15(12-14)16(19)18-11-9-13-4-1-5-13/h2,6,8,12-13H,1,4-5,9-11,17H2,(H,18,19). The number of nitrogens with two attached hydrogens (primary N) is 1. The first-order chi connectivity index (χ1) is 9.29. The van der Waals surface area contributed by atoms with Gasteiger partial charge in [0.15, 0.2) is 0 Å². The van der Waals surface area contributed by atoms with Crippen molar-refractivity contribution in [2.24, 2.45) is 11.7 Å². The lowest BCUT2D eigenvalue weighted by Crippen LogP contribution is -2.27. The van der Waals surface area contributed by atoms with Gasteiger partial charge in [-0.15, -0.1) is 0 Å². The molecule has 1 fully saturated rings. The number of rotatable bonds is 4. The smallest absolute Gasteiger partial charge is 0.251 e. The van der Waals surface area contributed by atoms with Gasteiger partial charge in [0.2, 0.25) is 0 Å². The molecular weight excluding hydrogens is 236 g/mol. The Kier molecular flexibility index (Phi) is 5.00. The van der Waals surface area contributed by atoms with E-state index in [1.165, 1.54) is 19.3 Å². The van der Waals surface area contributed by atoms with Crippen molar-refractivity contribution < 1.29 is 4.79 Å². The second kappa shape index (κ2) is 6.96. The van der Waals surface area contributed by atoms with Crippen LogP contribution in [0, 0.1) is 17.8 Å². The number of carbonyl (C=O) groups excluding carboxylic acids is 1. The third-order valence-corrected chi connectivity index (χ3v) is 3.52. The lowest BCUT2D eigenvalue weighted by atomic mass is 9.83. The van der Waals surface area contributed by atoms with Crippen molar-refractivity contribution in [1.82, 2.24) is 5.32 Å². The number of hydrogen-bond donors (Lipinski definition) is 2. The molecule has 1 aromatic rings. The molecule has 0 radical (unpaired) electrons. The van der Waals surface area contributed by atoms with E-state index >= 15 is 0 Å². The summed E-state index contributed by atoms with van der Waals surface area (Å²) >= 11 is 0. The number of nitrogens with one attached hydrogen (secondary N) is 1. The SMILES string of the molecule is NCC#Cc1cccc(C(=O)NCCC2CCC2)c1. The molecule has 0 atom stereocenters. The number of amides is 1. The lowest BCUT2D eigenvalue weighted by molar-refractivity contribution is 0.0949. The molecule has 1 saturated carbocycles. The van der Waals surface area contributed by atoms with Crippen molar-refractivity contribution in [3.8, 4) is 11.8 Å². The van der Waals surface area contributed by atoms with Crippen LogP contribution >= 0.6 is 0 Å². The molecule has 2 rings (SSSR count). The minimum Gasteiger partial charge on any atom is -0.352 e. The summed E-state index contributed by atoms with van der Waals surface area (Å²) in [5.74, 6) is 6.53. The van der Waals surface area contributed by atoms with Crippen molar-refractivity contribution in [2.75, 3.05) is 13.1 Å². The highest BCUT2D eigenvalue weighted by Crippen LogP contribution is 2.28. The van der Waals surface area contributed by atoms with Gasteiger partial charge in [0, 0.05) is 17.7 Å². The summed E-state index contributed by atoms with van der Waals surface area (Å²) in [4.78, 5) is 12.0. The van der Waals surface area contributed by atoms with Crippen LogP contribution in [-0.2, 0) is 0 Å². The molecule has 0 saturated heterocycles. The molecule has 0 spiro atoms. The first kappa shape index (κ1) is 13.6. The zero-order valence-electron chi connectivity index (χ0n) is 11.1. The third kappa shape index (κ3) is 4.11. The summed E-state index contributed by atoms with van der Waals surface area (Å²) in [7, 11) is 0. The van der Waals surface area contributed by atoms with Gasteiger partial charge in [-0.3, -0.25) is 4.79 Å². The van der Waals surface area contributed by atoms with Crippen molar-refractivity contribution >= 4 is 5.91 Å². The van der Waals surface area contributed by atoms with E-state index in [-0.39, 0.29) is 5.91 Å². The van der Waals surface area contributed by atoms with E-state index in [1.807, 2.05) is 18.2 Å². The van der Waals surface area contributed by atoms with Gasteiger partial charge in [-0.2, -0.15) is 0 Å². The van der Waals surface area contributed by atoms with E-state index in [9.17, 15) is 4.79 Å². The molecule has 1 aromatic carbocycles. The molecule has 100 valence electrons.